The SMILES string of the molecule is CCC(C)n1ccc(CC(=O)C2Cc3ccccc3N2)n1. The van der Waals surface area contributed by atoms with Crippen molar-refractivity contribution in [3.8, 4) is 0 Å². The first-order chi connectivity index (χ1) is 10.2. The van der Waals surface area contributed by atoms with Crippen LogP contribution in [0.3, 0.4) is 0 Å². The highest BCUT2D eigenvalue weighted by Gasteiger charge is 2.26. The van der Waals surface area contributed by atoms with Gasteiger partial charge in [-0.1, -0.05) is 25.1 Å². The number of aromatic nitrogens is 2. The second kappa shape index (κ2) is 5.72. The average molecular weight is 283 g/mol. The fourth-order valence-corrected chi connectivity index (χ4v) is 2.70. The number of hydrogen-bond acceptors (Lipinski definition) is 3. The molecular formula is C17H21N3O. The van der Waals surface area contributed by atoms with E-state index in [0.717, 1.165) is 24.2 Å². The Bertz CT molecular complexity index is 622. The molecule has 21 heavy (non-hydrogen) atoms. The molecule has 4 heteroatoms. The molecule has 4 nitrogen and oxygen atoms in total. The quantitative estimate of drug-likeness (QED) is 0.917. The molecule has 1 aromatic carbocycles. The van der Waals surface area contributed by atoms with Gasteiger partial charge in [0, 0.05) is 24.3 Å². The number of carbonyl (C=O) groups is 1. The molecule has 110 valence electrons. The van der Waals surface area contributed by atoms with Gasteiger partial charge >= 0.3 is 0 Å². The fraction of sp³-hybridized carbons (Fsp3) is 0.412. The molecule has 0 fully saturated rings. The van der Waals surface area contributed by atoms with Crippen molar-refractivity contribution in [2.24, 2.45) is 0 Å². The van der Waals surface area contributed by atoms with Crippen LogP contribution in [-0.4, -0.2) is 21.6 Å². The summed E-state index contributed by atoms with van der Waals surface area (Å²) in [6, 6.07) is 10.3. The van der Waals surface area contributed by atoms with E-state index in [4.69, 9.17) is 0 Å². The van der Waals surface area contributed by atoms with Crippen LogP contribution in [0.15, 0.2) is 36.5 Å². The summed E-state index contributed by atoms with van der Waals surface area (Å²) in [7, 11) is 0. The number of Topliss-reactive ketones (excluding diaryl/α,β-unsaturated/α-hetero) is 1. The Morgan fingerprint density at radius 3 is 3.00 bits per heavy atom. The maximum absolute atomic E-state index is 12.4. The minimum atomic E-state index is -0.115. The third kappa shape index (κ3) is 2.84. The monoisotopic (exact) mass is 283 g/mol. The Kier molecular flexibility index (Phi) is 3.78. The lowest BCUT2D eigenvalue weighted by Crippen LogP contribution is -2.28. The van der Waals surface area contributed by atoms with Gasteiger partial charge in [-0.15, -0.1) is 0 Å². The van der Waals surface area contributed by atoms with Crippen LogP contribution in [0.2, 0.25) is 0 Å². The van der Waals surface area contributed by atoms with Crippen molar-refractivity contribution in [3.63, 3.8) is 0 Å². The molecular weight excluding hydrogens is 262 g/mol. The van der Waals surface area contributed by atoms with E-state index < -0.39 is 0 Å². The van der Waals surface area contributed by atoms with Gasteiger partial charge in [0.25, 0.3) is 0 Å². The Balaban J connectivity index is 1.64. The van der Waals surface area contributed by atoms with Gasteiger partial charge in [0.1, 0.15) is 0 Å². The van der Waals surface area contributed by atoms with Crippen LogP contribution in [0.4, 0.5) is 5.69 Å². The third-order valence-corrected chi connectivity index (χ3v) is 4.22. The molecule has 2 heterocycles. The van der Waals surface area contributed by atoms with E-state index in [0.29, 0.717) is 12.5 Å². The van der Waals surface area contributed by atoms with Gasteiger partial charge in [-0.2, -0.15) is 5.10 Å². The zero-order valence-electron chi connectivity index (χ0n) is 12.5. The van der Waals surface area contributed by atoms with Crippen molar-refractivity contribution in [1.82, 2.24) is 9.78 Å². The molecule has 0 aliphatic carbocycles. The van der Waals surface area contributed by atoms with Crippen LogP contribution in [0.1, 0.15) is 37.6 Å². The molecule has 0 amide bonds. The van der Waals surface area contributed by atoms with Crippen LogP contribution < -0.4 is 5.32 Å². The van der Waals surface area contributed by atoms with Crippen molar-refractivity contribution in [1.29, 1.82) is 0 Å². The smallest absolute Gasteiger partial charge is 0.161 e. The number of fused-ring (bicyclic) bond motifs is 1. The minimum absolute atomic E-state index is 0.115. The summed E-state index contributed by atoms with van der Waals surface area (Å²) in [4.78, 5) is 12.4. The largest absolute Gasteiger partial charge is 0.375 e. The zero-order chi connectivity index (χ0) is 14.8. The molecule has 1 aromatic heterocycles. The highest BCUT2D eigenvalue weighted by atomic mass is 16.1. The molecule has 0 bridgehead atoms. The third-order valence-electron chi connectivity index (χ3n) is 4.22. The summed E-state index contributed by atoms with van der Waals surface area (Å²) in [6.07, 6.45) is 4.18. The van der Waals surface area contributed by atoms with E-state index >= 15 is 0 Å². The molecule has 0 saturated carbocycles. The van der Waals surface area contributed by atoms with Crippen molar-refractivity contribution in [2.75, 3.05) is 5.32 Å². The average Bonchev–Trinajstić information content (AvgIpc) is 3.12. The summed E-state index contributed by atoms with van der Waals surface area (Å²) >= 11 is 0. The lowest BCUT2D eigenvalue weighted by Gasteiger charge is -2.10. The summed E-state index contributed by atoms with van der Waals surface area (Å²) in [6.45, 7) is 4.27. The molecule has 2 aromatic rings. The molecule has 1 aliphatic heterocycles. The van der Waals surface area contributed by atoms with Gasteiger partial charge in [0.05, 0.1) is 18.2 Å². The fourth-order valence-electron chi connectivity index (χ4n) is 2.70. The van der Waals surface area contributed by atoms with Crippen LogP contribution >= 0.6 is 0 Å². The first-order valence-corrected chi connectivity index (χ1v) is 7.58. The summed E-state index contributed by atoms with van der Waals surface area (Å²) in [5.74, 6) is 0.209. The lowest BCUT2D eigenvalue weighted by molar-refractivity contribution is -0.119. The minimum Gasteiger partial charge on any atom is -0.375 e. The van der Waals surface area contributed by atoms with Gasteiger partial charge in [0.2, 0.25) is 0 Å². The molecule has 1 aliphatic rings. The molecule has 1 N–H and O–H groups in total. The topological polar surface area (TPSA) is 46.9 Å². The van der Waals surface area contributed by atoms with Crippen molar-refractivity contribution in [2.45, 2.75) is 45.2 Å². The number of para-hydroxylation sites is 1. The number of anilines is 1. The van der Waals surface area contributed by atoms with Crippen LogP contribution in [-0.2, 0) is 17.6 Å². The summed E-state index contributed by atoms with van der Waals surface area (Å²) in [5, 5.41) is 7.82. The normalized spacial score (nSPS) is 18.1. The Hall–Kier alpha value is -2.10. The van der Waals surface area contributed by atoms with Gasteiger partial charge in [-0.05, 0) is 31.0 Å². The predicted octanol–water partition coefficient (Wildman–Crippen LogP) is 3.00. The second-order valence-electron chi connectivity index (χ2n) is 5.75. The first-order valence-electron chi connectivity index (χ1n) is 7.58. The molecule has 0 spiro atoms. The first kappa shape index (κ1) is 13.9. The molecule has 0 saturated heterocycles. The number of nitrogens with zero attached hydrogens (tertiary/aromatic N) is 2. The second-order valence-corrected chi connectivity index (χ2v) is 5.75. The molecule has 2 unspecified atom stereocenters. The van der Waals surface area contributed by atoms with Crippen LogP contribution in [0, 0.1) is 0 Å². The van der Waals surface area contributed by atoms with Crippen LogP contribution in [0.25, 0.3) is 0 Å². The Morgan fingerprint density at radius 2 is 2.24 bits per heavy atom. The number of nitrogens with one attached hydrogen (secondary N) is 1. The highest BCUT2D eigenvalue weighted by Crippen LogP contribution is 2.26. The van der Waals surface area contributed by atoms with E-state index in [-0.39, 0.29) is 11.8 Å². The van der Waals surface area contributed by atoms with E-state index in [1.807, 2.05) is 35.1 Å². The maximum Gasteiger partial charge on any atom is 0.161 e. The Morgan fingerprint density at radius 1 is 1.43 bits per heavy atom. The van der Waals surface area contributed by atoms with E-state index in [1.54, 1.807) is 0 Å². The lowest BCUT2D eigenvalue weighted by atomic mass is 10.0. The summed E-state index contributed by atoms with van der Waals surface area (Å²) < 4.78 is 1.94. The maximum atomic E-state index is 12.4. The van der Waals surface area contributed by atoms with E-state index in [1.165, 1.54) is 5.56 Å². The van der Waals surface area contributed by atoms with E-state index in [9.17, 15) is 4.79 Å². The van der Waals surface area contributed by atoms with E-state index in [2.05, 4.69) is 30.3 Å². The molecule has 2 atom stereocenters. The van der Waals surface area contributed by atoms with Gasteiger partial charge in [-0.25, -0.2) is 0 Å². The van der Waals surface area contributed by atoms with Crippen molar-refractivity contribution < 1.29 is 4.79 Å². The number of hydrogen-bond donors (Lipinski definition) is 1. The number of ketones is 1. The Labute approximate surface area is 125 Å². The van der Waals surface area contributed by atoms with Gasteiger partial charge in [-0.3, -0.25) is 9.48 Å². The summed E-state index contributed by atoms with van der Waals surface area (Å²) in [5.41, 5.74) is 3.17. The zero-order valence-corrected chi connectivity index (χ0v) is 12.5. The van der Waals surface area contributed by atoms with Gasteiger partial charge in [0.15, 0.2) is 5.78 Å². The highest BCUT2D eigenvalue weighted by molar-refractivity contribution is 5.90. The molecule has 3 rings (SSSR count). The van der Waals surface area contributed by atoms with Crippen molar-refractivity contribution in [3.05, 3.63) is 47.8 Å². The number of rotatable bonds is 5. The van der Waals surface area contributed by atoms with Gasteiger partial charge < -0.3 is 5.32 Å². The molecule has 0 radical (unpaired) electrons. The van der Waals surface area contributed by atoms with Crippen LogP contribution in [0.5, 0.6) is 0 Å². The number of carbonyl (C=O) groups excluding carboxylic acids is 1. The standard InChI is InChI=1S/C17H21N3O/c1-3-12(2)20-9-8-14(19-20)11-17(21)16-10-13-6-4-5-7-15(13)18-16/h4-9,12,16,18H,3,10-11H2,1-2H3. The number of benzene rings is 1. The van der Waals surface area contributed by atoms with Crippen molar-refractivity contribution >= 4 is 11.5 Å². The predicted molar refractivity (Wildman–Crippen MR) is 83.5 cm³/mol.